The van der Waals surface area contributed by atoms with Gasteiger partial charge in [-0.05, 0) is 49.9 Å². The zero-order valence-corrected chi connectivity index (χ0v) is 18.2. The van der Waals surface area contributed by atoms with Crippen LogP contribution < -0.4 is 20.1 Å². The first kappa shape index (κ1) is 21.6. The standard InChI is InChI=1S/C18H25N3O2S.HI/c1-5-19-18(20-12-17-13(3)9-10-24-17)21-14-7-8-15(22-4)16(11-14)23-6-2;/h7-11H,5-6,12H2,1-4H3,(H2,19,20,21);1H. The van der Waals surface area contributed by atoms with Crippen molar-refractivity contribution in [1.29, 1.82) is 0 Å². The summed E-state index contributed by atoms with van der Waals surface area (Å²) >= 11 is 1.73. The number of guanidine groups is 1. The number of thiophene rings is 1. The lowest BCUT2D eigenvalue weighted by Gasteiger charge is -2.14. The second-order valence-corrected chi connectivity index (χ2v) is 6.15. The molecule has 1 heterocycles. The van der Waals surface area contributed by atoms with Crippen molar-refractivity contribution < 1.29 is 9.47 Å². The highest BCUT2D eigenvalue weighted by Crippen LogP contribution is 2.30. The second-order valence-electron chi connectivity index (χ2n) is 5.15. The summed E-state index contributed by atoms with van der Waals surface area (Å²) in [4.78, 5) is 5.94. The Kier molecular flexibility index (Phi) is 9.66. The minimum atomic E-state index is 0. The molecule has 0 saturated carbocycles. The molecule has 0 radical (unpaired) electrons. The van der Waals surface area contributed by atoms with Gasteiger partial charge in [0.25, 0.3) is 0 Å². The van der Waals surface area contributed by atoms with Crippen molar-refractivity contribution in [3.05, 3.63) is 40.1 Å². The van der Waals surface area contributed by atoms with Gasteiger partial charge < -0.3 is 20.1 Å². The molecule has 0 amide bonds. The molecule has 2 rings (SSSR count). The van der Waals surface area contributed by atoms with Crippen LogP contribution in [0.4, 0.5) is 5.69 Å². The molecule has 0 atom stereocenters. The molecule has 0 bridgehead atoms. The molecule has 0 spiro atoms. The summed E-state index contributed by atoms with van der Waals surface area (Å²) in [7, 11) is 1.64. The van der Waals surface area contributed by atoms with Crippen molar-refractivity contribution in [3.8, 4) is 11.5 Å². The van der Waals surface area contributed by atoms with Crippen molar-refractivity contribution in [2.24, 2.45) is 4.99 Å². The van der Waals surface area contributed by atoms with E-state index in [1.54, 1.807) is 18.4 Å². The maximum Gasteiger partial charge on any atom is 0.196 e. The highest BCUT2D eigenvalue weighted by molar-refractivity contribution is 14.0. The van der Waals surface area contributed by atoms with Gasteiger partial charge in [-0.25, -0.2) is 4.99 Å². The number of anilines is 1. The summed E-state index contributed by atoms with van der Waals surface area (Å²) < 4.78 is 10.9. The molecule has 2 N–H and O–H groups in total. The Morgan fingerprint density at radius 3 is 2.60 bits per heavy atom. The third-order valence-corrected chi connectivity index (χ3v) is 4.43. The molecule has 0 aliphatic carbocycles. The number of hydrogen-bond donors (Lipinski definition) is 2. The molecule has 1 aromatic heterocycles. The minimum Gasteiger partial charge on any atom is -0.493 e. The van der Waals surface area contributed by atoms with Gasteiger partial charge in [0.05, 0.1) is 20.3 Å². The minimum absolute atomic E-state index is 0. The highest BCUT2D eigenvalue weighted by atomic mass is 127. The molecule has 138 valence electrons. The number of nitrogens with zero attached hydrogens (tertiary/aromatic N) is 1. The molecule has 5 nitrogen and oxygen atoms in total. The van der Waals surface area contributed by atoms with Crippen LogP contribution in [0, 0.1) is 6.92 Å². The van der Waals surface area contributed by atoms with E-state index in [0.29, 0.717) is 13.2 Å². The van der Waals surface area contributed by atoms with Gasteiger partial charge in [0, 0.05) is 23.2 Å². The summed E-state index contributed by atoms with van der Waals surface area (Å²) in [5, 5.41) is 8.68. The van der Waals surface area contributed by atoms with E-state index in [9.17, 15) is 0 Å². The second kappa shape index (κ2) is 11.2. The SMILES string of the molecule is CCNC(=NCc1sccc1C)Nc1ccc(OC)c(OCC)c1.I. The number of methoxy groups -OCH3 is 1. The van der Waals surface area contributed by atoms with Crippen LogP contribution in [0.3, 0.4) is 0 Å². The van der Waals surface area contributed by atoms with E-state index in [-0.39, 0.29) is 24.0 Å². The van der Waals surface area contributed by atoms with Gasteiger partial charge in [-0.2, -0.15) is 0 Å². The van der Waals surface area contributed by atoms with E-state index in [2.05, 4.69) is 34.0 Å². The topological polar surface area (TPSA) is 54.9 Å². The van der Waals surface area contributed by atoms with E-state index < -0.39 is 0 Å². The van der Waals surface area contributed by atoms with Gasteiger partial charge in [-0.3, -0.25) is 0 Å². The maximum atomic E-state index is 5.62. The Labute approximate surface area is 170 Å². The fourth-order valence-corrected chi connectivity index (χ4v) is 3.01. The van der Waals surface area contributed by atoms with Crippen LogP contribution in [-0.2, 0) is 6.54 Å². The molecule has 0 aliphatic rings. The van der Waals surface area contributed by atoms with Crippen molar-refractivity contribution in [2.75, 3.05) is 25.6 Å². The summed E-state index contributed by atoms with van der Waals surface area (Å²) in [6.45, 7) is 8.16. The van der Waals surface area contributed by atoms with E-state index in [0.717, 1.165) is 29.7 Å². The van der Waals surface area contributed by atoms with Crippen LogP contribution in [-0.4, -0.2) is 26.2 Å². The molecular weight excluding hydrogens is 449 g/mol. The third kappa shape index (κ3) is 6.39. The number of benzene rings is 1. The van der Waals surface area contributed by atoms with E-state index in [1.165, 1.54) is 10.4 Å². The highest BCUT2D eigenvalue weighted by Gasteiger charge is 2.07. The van der Waals surface area contributed by atoms with Crippen LogP contribution in [0.15, 0.2) is 34.6 Å². The number of rotatable bonds is 7. The summed E-state index contributed by atoms with van der Waals surface area (Å²) in [5.74, 6) is 2.19. The molecule has 0 fully saturated rings. The van der Waals surface area contributed by atoms with Gasteiger partial charge in [-0.15, -0.1) is 35.3 Å². The van der Waals surface area contributed by atoms with Crippen molar-refractivity contribution in [3.63, 3.8) is 0 Å². The number of aliphatic imine (C=N–C) groups is 1. The van der Waals surface area contributed by atoms with E-state index in [4.69, 9.17) is 9.47 Å². The first-order valence-corrected chi connectivity index (χ1v) is 8.95. The summed E-state index contributed by atoms with van der Waals surface area (Å²) in [5.41, 5.74) is 2.18. The molecule has 0 aliphatic heterocycles. The van der Waals surface area contributed by atoms with Crippen LogP contribution in [0.25, 0.3) is 0 Å². The van der Waals surface area contributed by atoms with Gasteiger partial charge in [0.1, 0.15) is 0 Å². The fourth-order valence-electron chi connectivity index (χ4n) is 2.18. The Hall–Kier alpha value is -1.48. The summed E-state index contributed by atoms with van der Waals surface area (Å²) in [6.07, 6.45) is 0. The molecule has 1 aromatic carbocycles. The Balaban J connectivity index is 0.00000312. The monoisotopic (exact) mass is 475 g/mol. The fraction of sp³-hybridized carbons (Fsp3) is 0.389. The van der Waals surface area contributed by atoms with Crippen molar-refractivity contribution in [2.45, 2.75) is 27.3 Å². The molecule has 0 unspecified atom stereocenters. The lowest BCUT2D eigenvalue weighted by Crippen LogP contribution is -2.30. The van der Waals surface area contributed by atoms with Crippen LogP contribution in [0.2, 0.25) is 0 Å². The normalized spacial score (nSPS) is 10.8. The zero-order valence-electron chi connectivity index (χ0n) is 15.1. The van der Waals surface area contributed by atoms with E-state index >= 15 is 0 Å². The number of ether oxygens (including phenoxy) is 2. The van der Waals surface area contributed by atoms with Gasteiger partial charge >= 0.3 is 0 Å². The number of nitrogens with one attached hydrogen (secondary N) is 2. The van der Waals surface area contributed by atoms with Gasteiger partial charge in [-0.1, -0.05) is 0 Å². The first-order chi connectivity index (χ1) is 11.7. The maximum absolute atomic E-state index is 5.62. The smallest absolute Gasteiger partial charge is 0.196 e. The average Bonchev–Trinajstić information content (AvgIpc) is 2.98. The Morgan fingerprint density at radius 1 is 1.20 bits per heavy atom. The van der Waals surface area contributed by atoms with Crippen LogP contribution >= 0.6 is 35.3 Å². The molecule has 7 heteroatoms. The Bertz CT molecular complexity index is 689. The largest absolute Gasteiger partial charge is 0.493 e. The van der Waals surface area contributed by atoms with Crippen molar-refractivity contribution >= 4 is 47.0 Å². The molecule has 25 heavy (non-hydrogen) atoms. The quantitative estimate of drug-likeness (QED) is 0.348. The first-order valence-electron chi connectivity index (χ1n) is 8.07. The van der Waals surface area contributed by atoms with Crippen LogP contribution in [0.1, 0.15) is 24.3 Å². The lowest BCUT2D eigenvalue weighted by atomic mass is 10.2. The molecule has 0 saturated heterocycles. The number of halogens is 1. The van der Waals surface area contributed by atoms with E-state index in [1.807, 2.05) is 32.0 Å². The predicted octanol–water partition coefficient (Wildman–Crippen LogP) is 4.66. The number of aryl methyl sites for hydroxylation is 1. The summed E-state index contributed by atoms with van der Waals surface area (Å²) in [6, 6.07) is 7.88. The van der Waals surface area contributed by atoms with Crippen molar-refractivity contribution in [1.82, 2.24) is 5.32 Å². The Morgan fingerprint density at radius 2 is 2.00 bits per heavy atom. The number of hydrogen-bond acceptors (Lipinski definition) is 4. The van der Waals surface area contributed by atoms with Gasteiger partial charge in [0.15, 0.2) is 17.5 Å². The lowest BCUT2D eigenvalue weighted by molar-refractivity contribution is 0.311. The zero-order chi connectivity index (χ0) is 17.4. The molecule has 2 aromatic rings. The third-order valence-electron chi connectivity index (χ3n) is 3.42. The van der Waals surface area contributed by atoms with Gasteiger partial charge in [0.2, 0.25) is 0 Å². The molecular formula is C18H26IN3O2S. The van der Waals surface area contributed by atoms with Crippen LogP contribution in [0.5, 0.6) is 11.5 Å². The predicted molar refractivity (Wildman–Crippen MR) is 117 cm³/mol. The average molecular weight is 475 g/mol.